The van der Waals surface area contributed by atoms with E-state index in [-0.39, 0.29) is 23.6 Å². The van der Waals surface area contributed by atoms with Crippen LogP contribution in [0.5, 0.6) is 0 Å². The van der Waals surface area contributed by atoms with Crippen LogP contribution in [0.2, 0.25) is 0 Å². The highest BCUT2D eigenvalue weighted by Gasteiger charge is 2.30. The summed E-state index contributed by atoms with van der Waals surface area (Å²) in [5.74, 6) is -0.801. The second kappa shape index (κ2) is 6.66. The van der Waals surface area contributed by atoms with Crippen LogP contribution in [0.1, 0.15) is 24.4 Å². The second-order valence-electron chi connectivity index (χ2n) is 5.46. The van der Waals surface area contributed by atoms with Gasteiger partial charge in [0.2, 0.25) is 0 Å². The molecule has 1 aliphatic rings. The summed E-state index contributed by atoms with van der Waals surface area (Å²) in [7, 11) is 0. The number of hydrogen-bond acceptors (Lipinski definition) is 1. The monoisotopic (exact) mass is 380 g/mol. The summed E-state index contributed by atoms with van der Waals surface area (Å²) in [5, 5.41) is 2.61. The Morgan fingerprint density at radius 3 is 2.61 bits per heavy atom. The van der Waals surface area contributed by atoms with Gasteiger partial charge in [-0.1, -0.05) is 28.1 Å². The maximum Gasteiger partial charge on any atom is 0.322 e. The van der Waals surface area contributed by atoms with Crippen LogP contribution in [0.4, 0.5) is 19.3 Å². The van der Waals surface area contributed by atoms with Crippen molar-refractivity contribution < 1.29 is 13.6 Å². The lowest BCUT2D eigenvalue weighted by atomic mass is 10.0. The Bertz CT molecular complexity index is 721. The zero-order chi connectivity index (χ0) is 16.4. The molecule has 1 N–H and O–H groups in total. The van der Waals surface area contributed by atoms with E-state index in [0.717, 1.165) is 18.4 Å². The Kier molecular flexibility index (Phi) is 4.61. The molecule has 0 bridgehead atoms. The average Bonchev–Trinajstić information content (AvgIpc) is 3.00. The molecular weight excluding hydrogens is 366 g/mol. The van der Waals surface area contributed by atoms with Gasteiger partial charge in [0.25, 0.3) is 0 Å². The minimum absolute atomic E-state index is 0.117. The van der Waals surface area contributed by atoms with E-state index >= 15 is 0 Å². The number of halogens is 3. The van der Waals surface area contributed by atoms with Gasteiger partial charge in [0, 0.05) is 11.0 Å². The smallest absolute Gasteiger partial charge is 0.317 e. The van der Waals surface area contributed by atoms with E-state index in [9.17, 15) is 13.6 Å². The van der Waals surface area contributed by atoms with Gasteiger partial charge in [0.1, 0.15) is 11.6 Å². The van der Waals surface area contributed by atoms with Crippen LogP contribution in [-0.2, 0) is 0 Å². The number of benzene rings is 2. The first-order valence-electron chi connectivity index (χ1n) is 7.33. The first kappa shape index (κ1) is 15.9. The summed E-state index contributed by atoms with van der Waals surface area (Å²) in [5.41, 5.74) is 1.03. The zero-order valence-electron chi connectivity index (χ0n) is 12.2. The lowest BCUT2D eigenvalue weighted by Crippen LogP contribution is -2.34. The molecule has 23 heavy (non-hydrogen) atoms. The Morgan fingerprint density at radius 1 is 1.17 bits per heavy atom. The molecule has 0 spiro atoms. The topological polar surface area (TPSA) is 32.3 Å². The van der Waals surface area contributed by atoms with E-state index in [1.165, 1.54) is 24.3 Å². The Labute approximate surface area is 141 Å². The van der Waals surface area contributed by atoms with E-state index < -0.39 is 5.82 Å². The molecule has 1 atom stereocenters. The highest BCUT2D eigenvalue weighted by Crippen LogP contribution is 2.32. The fourth-order valence-corrected chi connectivity index (χ4v) is 3.15. The highest BCUT2D eigenvalue weighted by molar-refractivity contribution is 9.10. The summed E-state index contributed by atoms with van der Waals surface area (Å²) in [6.45, 7) is 0.589. The zero-order valence-corrected chi connectivity index (χ0v) is 13.8. The van der Waals surface area contributed by atoms with E-state index in [1.54, 1.807) is 23.1 Å². The molecule has 1 heterocycles. The summed E-state index contributed by atoms with van der Waals surface area (Å²) in [6.07, 6.45) is 1.67. The summed E-state index contributed by atoms with van der Waals surface area (Å²) >= 11 is 3.18. The lowest BCUT2D eigenvalue weighted by Gasteiger charge is -2.25. The maximum absolute atomic E-state index is 13.9. The largest absolute Gasteiger partial charge is 0.322 e. The molecule has 120 valence electrons. The van der Waals surface area contributed by atoms with Crippen LogP contribution in [0.3, 0.4) is 0 Å². The Hall–Kier alpha value is -1.95. The van der Waals surface area contributed by atoms with Crippen molar-refractivity contribution >= 4 is 27.6 Å². The molecule has 0 aliphatic carbocycles. The van der Waals surface area contributed by atoms with Gasteiger partial charge in [-0.15, -0.1) is 0 Å². The fourth-order valence-electron chi connectivity index (χ4n) is 2.82. The fraction of sp³-hybridized carbons (Fsp3) is 0.235. The second-order valence-corrected chi connectivity index (χ2v) is 6.37. The van der Waals surface area contributed by atoms with Gasteiger partial charge in [-0.05, 0) is 48.7 Å². The highest BCUT2D eigenvalue weighted by atomic mass is 79.9. The molecule has 3 rings (SSSR count). The van der Waals surface area contributed by atoms with Gasteiger partial charge in [-0.25, -0.2) is 13.6 Å². The molecule has 6 heteroatoms. The number of likely N-dealkylation sites (tertiary alicyclic amines) is 1. The number of rotatable bonds is 2. The van der Waals surface area contributed by atoms with Crippen molar-refractivity contribution in [2.24, 2.45) is 0 Å². The third-order valence-corrected chi connectivity index (χ3v) is 4.43. The van der Waals surface area contributed by atoms with E-state index in [2.05, 4.69) is 21.2 Å². The number of urea groups is 1. The van der Waals surface area contributed by atoms with Gasteiger partial charge < -0.3 is 10.2 Å². The predicted octanol–water partition coefficient (Wildman–Crippen LogP) is 5.10. The van der Waals surface area contributed by atoms with Gasteiger partial charge in [0.15, 0.2) is 0 Å². The van der Waals surface area contributed by atoms with Gasteiger partial charge in [-0.2, -0.15) is 0 Å². The normalized spacial score (nSPS) is 17.3. The van der Waals surface area contributed by atoms with Crippen molar-refractivity contribution in [2.45, 2.75) is 18.9 Å². The van der Waals surface area contributed by atoms with Gasteiger partial charge in [-0.3, -0.25) is 0 Å². The minimum Gasteiger partial charge on any atom is -0.317 e. The van der Waals surface area contributed by atoms with Crippen molar-refractivity contribution in [3.8, 4) is 0 Å². The van der Waals surface area contributed by atoms with Crippen molar-refractivity contribution in [1.29, 1.82) is 0 Å². The molecule has 2 aromatic rings. The molecule has 1 saturated heterocycles. The van der Waals surface area contributed by atoms with E-state index in [1.807, 2.05) is 0 Å². The van der Waals surface area contributed by atoms with Gasteiger partial charge in [0.05, 0.1) is 11.7 Å². The van der Waals surface area contributed by atoms with E-state index in [0.29, 0.717) is 11.0 Å². The third kappa shape index (κ3) is 3.52. The number of nitrogens with one attached hydrogen (secondary N) is 1. The molecule has 0 saturated carbocycles. The number of anilines is 1. The first-order chi connectivity index (χ1) is 11.0. The van der Waals surface area contributed by atoms with Crippen molar-refractivity contribution in [1.82, 2.24) is 4.90 Å². The predicted molar refractivity (Wildman–Crippen MR) is 88.2 cm³/mol. The number of hydrogen-bond donors (Lipinski definition) is 1. The SMILES string of the molecule is O=C(Nc1ccc(Br)cc1F)N1CCC[C@H]1c1ccc(F)cc1. The van der Waals surface area contributed by atoms with Crippen LogP contribution in [0.25, 0.3) is 0 Å². The van der Waals surface area contributed by atoms with Gasteiger partial charge >= 0.3 is 6.03 Å². The lowest BCUT2D eigenvalue weighted by molar-refractivity contribution is 0.207. The molecular formula is C17H15BrF2N2O. The minimum atomic E-state index is -0.495. The van der Waals surface area contributed by atoms with Crippen molar-refractivity contribution in [3.63, 3.8) is 0 Å². The molecule has 1 aliphatic heterocycles. The van der Waals surface area contributed by atoms with Crippen LogP contribution >= 0.6 is 15.9 Å². The molecule has 1 fully saturated rings. The van der Waals surface area contributed by atoms with Crippen LogP contribution in [-0.4, -0.2) is 17.5 Å². The number of nitrogens with zero attached hydrogens (tertiary/aromatic N) is 1. The molecule has 0 unspecified atom stereocenters. The van der Waals surface area contributed by atoms with Crippen LogP contribution < -0.4 is 5.32 Å². The van der Waals surface area contributed by atoms with Crippen molar-refractivity contribution in [2.75, 3.05) is 11.9 Å². The maximum atomic E-state index is 13.9. The Morgan fingerprint density at radius 2 is 1.91 bits per heavy atom. The third-order valence-electron chi connectivity index (χ3n) is 3.94. The summed E-state index contributed by atoms with van der Waals surface area (Å²) < 4.78 is 27.5. The molecule has 3 nitrogen and oxygen atoms in total. The number of carbonyl (C=O) groups excluding carboxylic acids is 1. The molecule has 2 amide bonds. The Balaban J connectivity index is 1.76. The number of amides is 2. The quantitative estimate of drug-likeness (QED) is 0.772. The van der Waals surface area contributed by atoms with E-state index in [4.69, 9.17) is 0 Å². The molecule has 0 radical (unpaired) electrons. The molecule has 0 aromatic heterocycles. The molecule has 2 aromatic carbocycles. The standard InChI is InChI=1S/C17H15BrF2N2O/c18-12-5-8-15(14(20)10-12)21-17(23)22-9-1-2-16(22)11-3-6-13(19)7-4-11/h3-8,10,16H,1-2,9H2,(H,21,23)/t16-/m0/s1. The summed E-state index contributed by atoms with van der Waals surface area (Å²) in [4.78, 5) is 14.1. The average molecular weight is 381 g/mol. The van der Waals surface area contributed by atoms with Crippen molar-refractivity contribution in [3.05, 3.63) is 64.1 Å². The van der Waals surface area contributed by atoms with Crippen LogP contribution in [0, 0.1) is 11.6 Å². The van der Waals surface area contributed by atoms with Crippen LogP contribution in [0.15, 0.2) is 46.9 Å². The number of carbonyl (C=O) groups is 1. The summed E-state index contributed by atoms with van der Waals surface area (Å²) in [6, 6.07) is 10.2. The first-order valence-corrected chi connectivity index (χ1v) is 8.12.